The number of H-pyrrole nitrogens is 1. The molecule has 1 N–H and O–H groups in total. The van der Waals surface area contributed by atoms with E-state index in [0.717, 1.165) is 16.7 Å². The smallest absolute Gasteiger partial charge is 0.342 e. The van der Waals surface area contributed by atoms with Gasteiger partial charge in [0.25, 0.3) is 0 Å². The van der Waals surface area contributed by atoms with Crippen LogP contribution >= 0.6 is 0 Å². The van der Waals surface area contributed by atoms with Gasteiger partial charge in [0.2, 0.25) is 0 Å². The fourth-order valence-electron chi connectivity index (χ4n) is 2.24. The molecule has 1 aromatic heterocycles. The summed E-state index contributed by atoms with van der Waals surface area (Å²) < 4.78 is 4.91. The highest BCUT2D eigenvalue weighted by molar-refractivity contribution is 6.09. The minimum absolute atomic E-state index is 0.351. The molecule has 20 heavy (non-hydrogen) atoms. The van der Waals surface area contributed by atoms with Crippen LogP contribution in [0.2, 0.25) is 0 Å². The van der Waals surface area contributed by atoms with E-state index in [4.69, 9.17) is 4.74 Å². The molecule has 0 radical (unpaired) electrons. The highest BCUT2D eigenvalue weighted by Crippen LogP contribution is 2.29. The normalized spacial score (nSPS) is 10.2. The van der Waals surface area contributed by atoms with Gasteiger partial charge in [-0.2, -0.15) is 0 Å². The number of nitrogens with zero attached hydrogens (tertiary/aromatic N) is 1. The van der Waals surface area contributed by atoms with Crippen molar-refractivity contribution in [3.63, 3.8) is 0 Å². The Balaban J connectivity index is 2.63. The molecule has 1 aromatic carbocycles. The molecule has 0 unspecified atom stereocenters. The average Bonchev–Trinajstić information content (AvgIpc) is 2.85. The monoisotopic (exact) mass is 270 g/mol. The molecule has 0 saturated carbocycles. The van der Waals surface area contributed by atoms with Crippen molar-refractivity contribution < 1.29 is 9.53 Å². The fourth-order valence-corrected chi connectivity index (χ4v) is 2.24. The van der Waals surface area contributed by atoms with Crippen LogP contribution in [0.3, 0.4) is 0 Å². The molecule has 0 aliphatic heterocycles. The van der Waals surface area contributed by atoms with Crippen molar-refractivity contribution in [2.24, 2.45) is 0 Å². The molecule has 1 heterocycles. The minimum Gasteiger partial charge on any atom is -0.465 e. The predicted molar refractivity (Wildman–Crippen MR) is 82.2 cm³/mol. The van der Waals surface area contributed by atoms with E-state index in [1.54, 1.807) is 12.2 Å². The number of hydrogen-bond acceptors (Lipinski definition) is 3. The zero-order chi connectivity index (χ0) is 14.5. The Morgan fingerprint density at radius 3 is 2.55 bits per heavy atom. The largest absolute Gasteiger partial charge is 0.465 e. The molecule has 2 rings (SSSR count). The van der Waals surface area contributed by atoms with Crippen LogP contribution in [0.4, 0.5) is 5.82 Å². The molecule has 4 nitrogen and oxygen atoms in total. The average molecular weight is 270 g/mol. The van der Waals surface area contributed by atoms with Crippen LogP contribution in [0.15, 0.2) is 49.6 Å². The zero-order valence-corrected chi connectivity index (χ0v) is 11.6. The van der Waals surface area contributed by atoms with Gasteiger partial charge in [-0.25, -0.2) is 4.79 Å². The van der Waals surface area contributed by atoms with Crippen LogP contribution in [-0.4, -0.2) is 31.2 Å². The Kier molecular flexibility index (Phi) is 4.25. The van der Waals surface area contributed by atoms with Crippen LogP contribution in [-0.2, 0) is 4.74 Å². The van der Waals surface area contributed by atoms with Gasteiger partial charge in [0.15, 0.2) is 0 Å². The van der Waals surface area contributed by atoms with Gasteiger partial charge in [0.05, 0.1) is 7.11 Å². The second-order valence-corrected chi connectivity index (χ2v) is 4.37. The number of nitrogens with one attached hydrogen (secondary N) is 1. The number of aromatic amines is 1. The first-order valence-corrected chi connectivity index (χ1v) is 6.38. The molecule has 0 atom stereocenters. The number of benzene rings is 1. The van der Waals surface area contributed by atoms with Crippen LogP contribution in [0.5, 0.6) is 0 Å². The number of anilines is 1. The van der Waals surface area contributed by atoms with Crippen molar-refractivity contribution in [3.05, 3.63) is 55.1 Å². The second-order valence-electron chi connectivity index (χ2n) is 4.37. The number of hydrogen-bond donors (Lipinski definition) is 1. The first kappa shape index (κ1) is 13.9. The van der Waals surface area contributed by atoms with E-state index in [1.165, 1.54) is 7.11 Å². The topological polar surface area (TPSA) is 45.3 Å². The Labute approximate surface area is 118 Å². The van der Waals surface area contributed by atoms with Gasteiger partial charge in [0, 0.05) is 24.0 Å². The lowest BCUT2D eigenvalue weighted by Crippen LogP contribution is -2.25. The number of carbonyl (C=O) groups excluding carboxylic acids is 1. The maximum atomic E-state index is 12.1. The number of ether oxygens (including phenoxy) is 1. The van der Waals surface area contributed by atoms with E-state index in [9.17, 15) is 4.79 Å². The summed E-state index contributed by atoms with van der Waals surface area (Å²) in [6.45, 7) is 8.73. The van der Waals surface area contributed by atoms with Crippen LogP contribution < -0.4 is 4.90 Å². The lowest BCUT2D eigenvalue weighted by molar-refractivity contribution is 0.0604. The maximum Gasteiger partial charge on any atom is 0.342 e. The number of rotatable bonds is 6. The van der Waals surface area contributed by atoms with Gasteiger partial charge >= 0.3 is 5.97 Å². The van der Waals surface area contributed by atoms with Crippen molar-refractivity contribution in [1.29, 1.82) is 0 Å². The van der Waals surface area contributed by atoms with E-state index >= 15 is 0 Å². The molecular weight excluding hydrogens is 252 g/mol. The maximum absolute atomic E-state index is 12.1. The van der Waals surface area contributed by atoms with Gasteiger partial charge in [0.1, 0.15) is 11.4 Å². The summed E-state index contributed by atoms with van der Waals surface area (Å²) in [7, 11) is 1.39. The van der Waals surface area contributed by atoms with Crippen molar-refractivity contribution >= 4 is 22.7 Å². The zero-order valence-electron chi connectivity index (χ0n) is 11.6. The highest BCUT2D eigenvalue weighted by atomic mass is 16.5. The first-order chi connectivity index (χ1) is 9.72. The number of para-hydroxylation sites is 1. The van der Waals surface area contributed by atoms with Gasteiger partial charge in [-0.15, -0.1) is 13.2 Å². The van der Waals surface area contributed by atoms with Gasteiger partial charge in [-0.1, -0.05) is 30.4 Å². The van der Waals surface area contributed by atoms with E-state index in [-0.39, 0.29) is 5.97 Å². The summed E-state index contributed by atoms with van der Waals surface area (Å²) in [6, 6.07) is 7.67. The molecule has 4 heteroatoms. The summed E-state index contributed by atoms with van der Waals surface area (Å²) in [5.74, 6) is 0.383. The minimum atomic E-state index is -0.351. The molecule has 0 aliphatic rings. The van der Waals surface area contributed by atoms with Crippen molar-refractivity contribution in [2.45, 2.75) is 0 Å². The van der Waals surface area contributed by atoms with Crippen LogP contribution in [0.25, 0.3) is 10.9 Å². The number of esters is 1. The molecular formula is C16H18N2O2. The number of methoxy groups -OCH3 is 1. The Morgan fingerprint density at radius 1 is 1.30 bits per heavy atom. The van der Waals surface area contributed by atoms with Gasteiger partial charge in [-0.05, 0) is 6.07 Å². The summed E-state index contributed by atoms with van der Waals surface area (Å²) in [4.78, 5) is 17.4. The molecule has 2 aromatic rings. The number of fused-ring (bicyclic) bond motifs is 1. The molecule has 0 saturated heterocycles. The summed E-state index contributed by atoms with van der Waals surface area (Å²) >= 11 is 0. The highest BCUT2D eigenvalue weighted by Gasteiger charge is 2.22. The van der Waals surface area contributed by atoms with Crippen LogP contribution in [0.1, 0.15) is 10.4 Å². The predicted octanol–water partition coefficient (Wildman–Crippen LogP) is 3.13. The fraction of sp³-hybridized carbons (Fsp3) is 0.188. The second kappa shape index (κ2) is 6.10. The Morgan fingerprint density at radius 2 is 1.95 bits per heavy atom. The van der Waals surface area contributed by atoms with Gasteiger partial charge < -0.3 is 14.6 Å². The third kappa shape index (κ3) is 2.45. The standard InChI is InChI=1S/C16H18N2O2/c1-4-10-18(11-5-2)15-14(16(19)20-3)12-8-6-7-9-13(12)17-15/h4-9,17H,1-2,10-11H2,3H3. The van der Waals surface area contributed by atoms with Crippen molar-refractivity contribution in [3.8, 4) is 0 Å². The van der Waals surface area contributed by atoms with E-state index in [0.29, 0.717) is 18.7 Å². The quantitative estimate of drug-likeness (QED) is 0.648. The van der Waals surface area contributed by atoms with Crippen molar-refractivity contribution in [1.82, 2.24) is 4.98 Å². The lowest BCUT2D eigenvalue weighted by Gasteiger charge is -2.21. The molecule has 0 fully saturated rings. The van der Waals surface area contributed by atoms with E-state index in [2.05, 4.69) is 18.1 Å². The SMILES string of the molecule is C=CCN(CC=C)c1[nH]c2ccccc2c1C(=O)OC. The molecule has 0 amide bonds. The van der Waals surface area contributed by atoms with E-state index in [1.807, 2.05) is 29.2 Å². The van der Waals surface area contributed by atoms with Crippen molar-refractivity contribution in [2.75, 3.05) is 25.1 Å². The Bertz CT molecular complexity index is 633. The third-order valence-electron chi connectivity index (χ3n) is 3.09. The molecule has 0 bridgehead atoms. The van der Waals surface area contributed by atoms with Crippen LogP contribution in [0, 0.1) is 0 Å². The first-order valence-electron chi connectivity index (χ1n) is 6.38. The lowest BCUT2D eigenvalue weighted by atomic mass is 10.1. The van der Waals surface area contributed by atoms with Gasteiger partial charge in [-0.3, -0.25) is 0 Å². The number of aromatic nitrogens is 1. The summed E-state index contributed by atoms with van der Waals surface area (Å²) in [6.07, 6.45) is 3.58. The van der Waals surface area contributed by atoms with E-state index < -0.39 is 0 Å². The third-order valence-corrected chi connectivity index (χ3v) is 3.09. The number of carbonyl (C=O) groups is 1. The molecule has 104 valence electrons. The Hall–Kier alpha value is -2.49. The molecule has 0 aliphatic carbocycles. The molecule has 0 spiro atoms. The summed E-state index contributed by atoms with van der Waals surface area (Å²) in [5.41, 5.74) is 1.45. The summed E-state index contributed by atoms with van der Waals surface area (Å²) in [5, 5.41) is 0.854.